The van der Waals surface area contributed by atoms with Crippen LogP contribution in [0.4, 0.5) is 0 Å². The maximum absolute atomic E-state index is 3.70. The molecule has 0 bridgehead atoms. The summed E-state index contributed by atoms with van der Waals surface area (Å²) < 4.78 is 0. The van der Waals surface area contributed by atoms with E-state index in [1.54, 1.807) is 0 Å². The molecule has 0 aromatic heterocycles. The predicted octanol–water partition coefficient (Wildman–Crippen LogP) is 1.02. The standard InChI is InChI=1S/C6H13N/c1-3-5-6-7-4-2/h7H,1-6H2. The van der Waals surface area contributed by atoms with Crippen LogP contribution in [0.3, 0.4) is 0 Å². The summed E-state index contributed by atoms with van der Waals surface area (Å²) in [6.07, 6.45) is 2.18. The van der Waals surface area contributed by atoms with Crippen LogP contribution in [0.2, 0.25) is 0 Å². The van der Waals surface area contributed by atoms with Gasteiger partial charge in [0.25, 0.3) is 0 Å². The minimum Gasteiger partial charge on any atom is -0.317 e. The Hall–Kier alpha value is -0.0400. The summed E-state index contributed by atoms with van der Waals surface area (Å²) in [5, 5.41) is 3.10. The van der Waals surface area contributed by atoms with Crippen molar-refractivity contribution in [2.45, 2.75) is 12.8 Å². The van der Waals surface area contributed by atoms with E-state index in [2.05, 4.69) is 19.2 Å². The molecular formula is C6H13N. The molecule has 2 radical (unpaired) electrons. The maximum atomic E-state index is 3.70. The smallest absolute Gasteiger partial charge is 0.00484 e. The van der Waals surface area contributed by atoms with Gasteiger partial charge in [0, 0.05) is 0 Å². The first-order valence-corrected chi connectivity index (χ1v) is 2.71. The van der Waals surface area contributed by atoms with Gasteiger partial charge >= 0.3 is 0 Å². The predicted molar refractivity (Wildman–Crippen MR) is 32.8 cm³/mol. The van der Waals surface area contributed by atoms with Gasteiger partial charge in [0.15, 0.2) is 0 Å². The third-order valence-electron chi connectivity index (χ3n) is 0.780. The number of nitrogens with one attached hydrogen (secondary N) is 1. The first kappa shape index (κ1) is 6.96. The van der Waals surface area contributed by atoms with Gasteiger partial charge in [-0.3, -0.25) is 0 Å². The van der Waals surface area contributed by atoms with E-state index in [1.807, 2.05) is 0 Å². The Morgan fingerprint density at radius 1 is 1.29 bits per heavy atom. The quantitative estimate of drug-likeness (QED) is 0.519. The Kier molecular flexibility index (Phi) is 5.93. The summed E-state index contributed by atoms with van der Waals surface area (Å²) in [5.41, 5.74) is 0. The molecule has 0 spiro atoms. The fraction of sp³-hybridized carbons (Fsp3) is 0.667. The molecule has 1 heteroatoms. The summed E-state index contributed by atoms with van der Waals surface area (Å²) >= 11 is 0. The fourth-order valence-electron chi connectivity index (χ4n) is 0.375. The lowest BCUT2D eigenvalue weighted by atomic mass is 10.3. The lowest BCUT2D eigenvalue weighted by Gasteiger charge is -1.94. The number of unbranched alkanes of at least 4 members (excludes halogenated alkanes) is 1. The van der Waals surface area contributed by atoms with Crippen LogP contribution in [-0.2, 0) is 0 Å². The maximum Gasteiger partial charge on any atom is -0.00484 e. The molecule has 0 atom stereocenters. The third kappa shape index (κ3) is 5.96. The summed E-state index contributed by atoms with van der Waals surface area (Å²) in [4.78, 5) is 0. The van der Waals surface area contributed by atoms with Crippen molar-refractivity contribution in [3.63, 3.8) is 0 Å². The molecule has 0 heterocycles. The van der Waals surface area contributed by atoms with E-state index in [9.17, 15) is 0 Å². The number of hydrogen-bond donors (Lipinski definition) is 1. The van der Waals surface area contributed by atoms with E-state index in [0.29, 0.717) is 0 Å². The Labute approximate surface area is 46.1 Å². The minimum atomic E-state index is 0.833. The van der Waals surface area contributed by atoms with Gasteiger partial charge in [0.1, 0.15) is 0 Å². The molecule has 1 nitrogen and oxygen atoms in total. The summed E-state index contributed by atoms with van der Waals surface area (Å²) in [6, 6.07) is 0. The highest BCUT2D eigenvalue weighted by molar-refractivity contribution is 4.48. The van der Waals surface area contributed by atoms with E-state index in [0.717, 1.165) is 25.9 Å². The zero-order chi connectivity index (χ0) is 5.54. The van der Waals surface area contributed by atoms with E-state index in [4.69, 9.17) is 0 Å². The van der Waals surface area contributed by atoms with Crippen LogP contribution < -0.4 is 5.32 Å². The topological polar surface area (TPSA) is 12.0 Å². The molecule has 0 saturated carbocycles. The molecule has 0 aliphatic rings. The van der Waals surface area contributed by atoms with Gasteiger partial charge in [0.2, 0.25) is 0 Å². The second-order valence-corrected chi connectivity index (χ2v) is 1.46. The first-order chi connectivity index (χ1) is 3.41. The van der Waals surface area contributed by atoms with Crippen LogP contribution in [0.15, 0.2) is 0 Å². The lowest BCUT2D eigenvalue weighted by Crippen LogP contribution is -2.13. The molecule has 0 unspecified atom stereocenters. The Morgan fingerprint density at radius 2 is 2.00 bits per heavy atom. The van der Waals surface area contributed by atoms with E-state index >= 15 is 0 Å². The normalized spacial score (nSPS) is 9.43. The van der Waals surface area contributed by atoms with E-state index in [1.165, 1.54) is 0 Å². The second-order valence-electron chi connectivity index (χ2n) is 1.46. The highest BCUT2D eigenvalue weighted by Gasteiger charge is 1.77. The highest BCUT2D eigenvalue weighted by Crippen LogP contribution is 1.79. The molecule has 0 aromatic carbocycles. The van der Waals surface area contributed by atoms with Crippen molar-refractivity contribution in [1.29, 1.82) is 0 Å². The molecule has 0 aromatic rings. The highest BCUT2D eigenvalue weighted by atomic mass is 14.8. The fourth-order valence-corrected chi connectivity index (χ4v) is 0.375. The van der Waals surface area contributed by atoms with Crippen molar-refractivity contribution < 1.29 is 0 Å². The summed E-state index contributed by atoms with van der Waals surface area (Å²) in [5.74, 6) is 0. The molecule has 1 N–H and O–H groups in total. The van der Waals surface area contributed by atoms with Gasteiger partial charge in [-0.15, -0.1) is 0 Å². The van der Waals surface area contributed by atoms with Crippen LogP contribution >= 0.6 is 0 Å². The summed E-state index contributed by atoms with van der Waals surface area (Å²) in [7, 11) is 0. The van der Waals surface area contributed by atoms with Crippen molar-refractivity contribution in [1.82, 2.24) is 5.32 Å². The lowest BCUT2D eigenvalue weighted by molar-refractivity contribution is 0.698. The van der Waals surface area contributed by atoms with Gasteiger partial charge in [-0.2, -0.15) is 0 Å². The second kappa shape index (κ2) is 5.96. The third-order valence-corrected chi connectivity index (χ3v) is 0.780. The molecule has 42 valence electrons. The average Bonchev–Trinajstić information content (AvgIpc) is 1.69. The van der Waals surface area contributed by atoms with Crippen LogP contribution in [0, 0.1) is 13.8 Å². The Bertz CT molecular complexity index is 23.4. The van der Waals surface area contributed by atoms with Crippen molar-refractivity contribution in [2.75, 3.05) is 13.1 Å². The van der Waals surface area contributed by atoms with Crippen molar-refractivity contribution in [3.05, 3.63) is 13.8 Å². The van der Waals surface area contributed by atoms with Gasteiger partial charge in [-0.25, -0.2) is 0 Å². The molecule has 7 heavy (non-hydrogen) atoms. The van der Waals surface area contributed by atoms with Crippen molar-refractivity contribution >= 4 is 0 Å². The average molecular weight is 99.2 g/mol. The molecule has 0 rings (SSSR count). The van der Waals surface area contributed by atoms with E-state index in [-0.39, 0.29) is 0 Å². The van der Waals surface area contributed by atoms with Gasteiger partial charge in [-0.05, 0) is 26.4 Å². The molecule has 0 saturated heterocycles. The van der Waals surface area contributed by atoms with Gasteiger partial charge < -0.3 is 5.32 Å². The van der Waals surface area contributed by atoms with Crippen molar-refractivity contribution in [3.8, 4) is 0 Å². The monoisotopic (exact) mass is 99.1 g/mol. The van der Waals surface area contributed by atoms with Crippen molar-refractivity contribution in [2.24, 2.45) is 0 Å². The van der Waals surface area contributed by atoms with Crippen LogP contribution in [0.5, 0.6) is 0 Å². The molecule has 0 aliphatic heterocycles. The number of rotatable bonds is 4. The molecule has 0 fully saturated rings. The minimum absolute atomic E-state index is 0.833. The van der Waals surface area contributed by atoms with Crippen LogP contribution in [-0.4, -0.2) is 13.1 Å². The zero-order valence-corrected chi connectivity index (χ0v) is 4.74. The van der Waals surface area contributed by atoms with Gasteiger partial charge in [-0.1, -0.05) is 13.3 Å². The number of hydrogen-bond acceptors (Lipinski definition) is 1. The Balaban J connectivity index is 2.45. The molecule has 0 amide bonds. The summed E-state index contributed by atoms with van der Waals surface area (Å²) in [6.45, 7) is 9.22. The van der Waals surface area contributed by atoms with Crippen LogP contribution in [0.25, 0.3) is 0 Å². The van der Waals surface area contributed by atoms with Gasteiger partial charge in [0.05, 0.1) is 0 Å². The largest absolute Gasteiger partial charge is 0.317 e. The molecular weight excluding hydrogens is 86.1 g/mol. The van der Waals surface area contributed by atoms with Crippen LogP contribution in [0.1, 0.15) is 12.8 Å². The first-order valence-electron chi connectivity index (χ1n) is 2.71. The van der Waals surface area contributed by atoms with E-state index < -0.39 is 0 Å². The SMILES string of the molecule is [CH2]CCCNC[CH2]. The Morgan fingerprint density at radius 3 is 2.43 bits per heavy atom. The zero-order valence-electron chi connectivity index (χ0n) is 4.74. The molecule has 0 aliphatic carbocycles.